The summed E-state index contributed by atoms with van der Waals surface area (Å²) in [6.45, 7) is -3.51. The summed E-state index contributed by atoms with van der Waals surface area (Å²) in [6.07, 6.45) is -2.71. The Hall–Kier alpha value is -11.7. The maximum Gasteiger partial charge on any atom is 0.326 e. The molecule has 17 amide bonds. The number of hydrogen-bond donors (Lipinski definition) is 20. The molecular formula is C68H97N17O25. The van der Waals surface area contributed by atoms with Crippen LogP contribution in [0.1, 0.15) is 140 Å². The van der Waals surface area contributed by atoms with E-state index in [2.05, 4.69) is 63.8 Å². The number of rotatable bonds is 30. The van der Waals surface area contributed by atoms with Crippen LogP contribution < -0.4 is 81.0 Å². The Labute approximate surface area is 629 Å². The van der Waals surface area contributed by atoms with E-state index in [1.165, 1.54) is 0 Å². The molecule has 0 bridgehead atoms. The number of benzene rings is 1. The number of likely N-dealkylation sites (tertiary alicyclic amines) is 1. The predicted octanol–water partition coefficient (Wildman–Crippen LogP) is -8.43. The van der Waals surface area contributed by atoms with Crippen LogP contribution in [0.5, 0.6) is 0 Å². The summed E-state index contributed by atoms with van der Waals surface area (Å²) in [5, 5.41) is 78.4. The minimum atomic E-state index is -2.05. The molecule has 0 spiro atoms. The number of carbonyl (C=O) groups is 20. The van der Waals surface area contributed by atoms with Crippen molar-refractivity contribution in [1.29, 1.82) is 0 Å². The largest absolute Gasteiger partial charge is 0.481 e. The summed E-state index contributed by atoms with van der Waals surface area (Å²) < 4.78 is 0. The zero-order chi connectivity index (χ0) is 81.3. The van der Waals surface area contributed by atoms with E-state index in [9.17, 15) is 121 Å². The van der Waals surface area contributed by atoms with Crippen LogP contribution in [0.15, 0.2) is 42.5 Å². The molecule has 5 rings (SSSR count). The fourth-order valence-corrected chi connectivity index (χ4v) is 12.5. The van der Waals surface area contributed by atoms with E-state index in [1.54, 1.807) is 42.5 Å². The lowest BCUT2D eigenvalue weighted by atomic mass is 10.0. The molecule has 4 aliphatic heterocycles. The van der Waals surface area contributed by atoms with Gasteiger partial charge in [-0.25, -0.2) is 4.79 Å². The molecule has 1 aromatic carbocycles. The number of carboxylic acid groups (broad SMARTS) is 3. The first-order chi connectivity index (χ1) is 52.2. The summed E-state index contributed by atoms with van der Waals surface area (Å²) in [4.78, 5) is 269. The van der Waals surface area contributed by atoms with Crippen molar-refractivity contribution in [2.45, 2.75) is 220 Å². The van der Waals surface area contributed by atoms with Gasteiger partial charge in [0.15, 0.2) is 0 Å². The standard InChI is InChI=1S/C68H97N17O25/c69-49(88)23-18-37-56(97)72-32-53(92)74-39(21-26-54(93)94)59(100)82-45(33-86)63(104)78-41(19-24-50(70)89)66(107)84-28-10-17-48(84)65(106)79-42(68(109)110)15-9-4-2-1-3-8-14-36(57(98)76-37)75-62(103)44(31-51(71)90)81-60(101)40(22-27-55(95)96)77-64(105)47-16-11-29-85(47)67(108)46(34-87)83-61(102)43(30-35-12-6-5-7-13-35)80-58(99)38-20-25-52(91)73-38/h1-2,5-7,12-13,36-48,86-87H,3-4,8-11,14-34H2,(H2,69,88)(H2,70,89)(H2,71,90)(H,72,97)(H,73,91)(H,74,92)(H,75,103)(H,76,98)(H,77,105)(H,78,104)(H,79,106)(H,80,99)(H,81,101)(H,82,100)(H,83,102)(H,93,94)(H,95,96)(H,109,110)/b2-1+/t36-,37-,38-,39-,40-,41-,42-,43-,44-,45-,46-,47-,48-/m0/s1. The highest BCUT2D eigenvalue weighted by atomic mass is 16.4. The summed E-state index contributed by atoms with van der Waals surface area (Å²) in [5.74, 6) is -22.3. The second kappa shape index (κ2) is 44.5. The normalized spacial score (nSPS) is 23.6. The lowest BCUT2D eigenvalue weighted by Crippen LogP contribution is -2.61. The molecule has 604 valence electrons. The lowest BCUT2D eigenvalue weighted by molar-refractivity contribution is -0.145. The average Bonchev–Trinajstić information content (AvgIpc) is 1.61. The summed E-state index contributed by atoms with van der Waals surface area (Å²) in [7, 11) is 0. The maximum atomic E-state index is 14.5. The number of aliphatic hydroxyl groups excluding tert-OH is 2. The lowest BCUT2D eigenvalue weighted by Gasteiger charge is -2.30. The van der Waals surface area contributed by atoms with E-state index in [0.29, 0.717) is 5.56 Å². The smallest absolute Gasteiger partial charge is 0.326 e. The number of carboxylic acids is 3. The first kappa shape index (κ1) is 88.9. The van der Waals surface area contributed by atoms with Crippen LogP contribution in [-0.4, -0.2) is 265 Å². The number of nitrogens with zero attached hydrogens (tertiary/aromatic N) is 2. The third-order valence-electron chi connectivity index (χ3n) is 18.3. The van der Waals surface area contributed by atoms with Gasteiger partial charge < -0.3 is 116 Å². The molecule has 13 atom stereocenters. The SMILES string of the molecule is NC(=O)CC[C@@H]1NC(=O)[C@@H](NC(=O)[C@H](CC(N)=O)NC(=O)[C@H](CCC(=O)O)NC(=O)[C@@H]2CCCN2C(=O)[C@H](CO)NC(=O)[C@H](Cc2ccccc2)NC(=O)[C@@H]2CCC(=O)N2)CCC/C=C/CCC[C@@H](C(=O)O)NC(=O)[C@@H]2CCCN2C(=O)[C@H](CCC(N)=O)NC(=O)[C@H](CO)NC(=O)[C@H](CCC(=O)O)NC(=O)CNC1=O. The Kier molecular flexibility index (Phi) is 36.0. The van der Waals surface area contributed by atoms with Crippen LogP contribution in [-0.2, 0) is 102 Å². The number of carbonyl (C=O) groups excluding carboxylic acids is 17. The quantitative estimate of drug-likeness (QED) is 0.0318. The average molecular weight is 1550 g/mol. The molecule has 4 aliphatic rings. The van der Waals surface area contributed by atoms with Gasteiger partial charge in [-0.1, -0.05) is 42.5 Å². The number of fused-ring (bicyclic) bond motifs is 1. The van der Waals surface area contributed by atoms with Gasteiger partial charge >= 0.3 is 17.9 Å². The molecule has 0 saturated carbocycles. The molecule has 3 fully saturated rings. The van der Waals surface area contributed by atoms with Crippen LogP contribution in [0.2, 0.25) is 0 Å². The molecule has 4 heterocycles. The fourth-order valence-electron chi connectivity index (χ4n) is 12.5. The number of aliphatic hydroxyl groups is 2. The summed E-state index contributed by atoms with van der Waals surface area (Å²) in [5.41, 5.74) is 16.9. The second-order valence-corrected chi connectivity index (χ2v) is 26.7. The van der Waals surface area contributed by atoms with E-state index in [1.807, 2.05) is 0 Å². The number of nitrogens with two attached hydrogens (primary N) is 3. The topological polar surface area (TPSA) is 671 Å². The van der Waals surface area contributed by atoms with Gasteiger partial charge in [-0.15, -0.1) is 0 Å². The van der Waals surface area contributed by atoms with Crippen molar-refractivity contribution in [3.63, 3.8) is 0 Å². The van der Waals surface area contributed by atoms with E-state index in [0.717, 1.165) is 9.80 Å². The van der Waals surface area contributed by atoms with Crippen molar-refractivity contribution in [2.24, 2.45) is 17.2 Å². The zero-order valence-corrected chi connectivity index (χ0v) is 60.2. The van der Waals surface area contributed by atoms with Crippen molar-refractivity contribution in [3.8, 4) is 0 Å². The molecule has 110 heavy (non-hydrogen) atoms. The third kappa shape index (κ3) is 29.1. The fraction of sp³-hybridized carbons (Fsp3) is 0.588. The van der Waals surface area contributed by atoms with Crippen molar-refractivity contribution in [1.82, 2.24) is 73.6 Å². The number of hydrogen-bond acceptors (Lipinski definition) is 22. The Morgan fingerprint density at radius 2 is 1.09 bits per heavy atom. The van der Waals surface area contributed by atoms with Crippen molar-refractivity contribution in [3.05, 3.63) is 48.0 Å². The Morgan fingerprint density at radius 1 is 0.509 bits per heavy atom. The Balaban J connectivity index is 1.40. The number of nitrogens with one attached hydrogen (secondary N) is 12. The number of amides is 17. The molecule has 42 heteroatoms. The van der Waals surface area contributed by atoms with E-state index in [-0.39, 0.29) is 102 Å². The predicted molar refractivity (Wildman–Crippen MR) is 376 cm³/mol. The van der Waals surface area contributed by atoms with Gasteiger partial charge in [0.25, 0.3) is 0 Å². The molecule has 1 aromatic rings. The first-order valence-corrected chi connectivity index (χ1v) is 35.8. The monoisotopic (exact) mass is 1550 g/mol. The minimum absolute atomic E-state index is 0.0159. The van der Waals surface area contributed by atoms with Gasteiger partial charge in [-0.2, -0.15) is 0 Å². The summed E-state index contributed by atoms with van der Waals surface area (Å²) in [6, 6.07) is -12.9. The molecule has 23 N–H and O–H groups in total. The van der Waals surface area contributed by atoms with Gasteiger partial charge in [0, 0.05) is 51.6 Å². The van der Waals surface area contributed by atoms with Crippen molar-refractivity contribution >= 4 is 118 Å². The Morgan fingerprint density at radius 3 is 1.70 bits per heavy atom. The van der Waals surface area contributed by atoms with Crippen LogP contribution in [0, 0.1) is 0 Å². The molecule has 3 saturated heterocycles. The van der Waals surface area contributed by atoms with Gasteiger partial charge in [0.1, 0.15) is 78.5 Å². The van der Waals surface area contributed by atoms with Gasteiger partial charge in [-0.3, -0.25) is 91.1 Å². The van der Waals surface area contributed by atoms with Gasteiger partial charge in [0.2, 0.25) is 100 Å². The zero-order valence-electron chi connectivity index (χ0n) is 60.2. The van der Waals surface area contributed by atoms with Crippen LogP contribution in [0.4, 0.5) is 0 Å². The van der Waals surface area contributed by atoms with Crippen molar-refractivity contribution in [2.75, 3.05) is 32.8 Å². The van der Waals surface area contributed by atoms with Crippen molar-refractivity contribution < 1.29 is 121 Å². The Bertz CT molecular complexity index is 3600. The molecular weight excluding hydrogens is 1450 g/mol. The van der Waals surface area contributed by atoms with Crippen LogP contribution >= 0.6 is 0 Å². The molecule has 0 aliphatic carbocycles. The van der Waals surface area contributed by atoms with Crippen LogP contribution in [0.3, 0.4) is 0 Å². The number of primary amides is 3. The molecule has 0 aromatic heterocycles. The highest BCUT2D eigenvalue weighted by molar-refractivity contribution is 6.01. The maximum absolute atomic E-state index is 14.5. The van der Waals surface area contributed by atoms with E-state index >= 15 is 0 Å². The first-order valence-electron chi connectivity index (χ1n) is 35.8. The van der Waals surface area contributed by atoms with E-state index in [4.69, 9.17) is 17.2 Å². The molecule has 42 nitrogen and oxygen atoms in total. The summed E-state index contributed by atoms with van der Waals surface area (Å²) >= 11 is 0. The highest BCUT2D eigenvalue weighted by Gasteiger charge is 2.43. The van der Waals surface area contributed by atoms with E-state index < -0.39 is 269 Å². The number of aliphatic carboxylic acids is 3. The minimum Gasteiger partial charge on any atom is -0.481 e. The van der Waals surface area contributed by atoms with Crippen LogP contribution in [0.25, 0.3) is 0 Å². The van der Waals surface area contributed by atoms with Gasteiger partial charge in [-0.05, 0) is 102 Å². The highest BCUT2D eigenvalue weighted by Crippen LogP contribution is 2.23. The van der Waals surface area contributed by atoms with Gasteiger partial charge in [0.05, 0.1) is 26.2 Å². The second-order valence-electron chi connectivity index (χ2n) is 26.7. The third-order valence-corrected chi connectivity index (χ3v) is 18.3. The number of allylic oxidation sites excluding steroid dienone is 2. The molecule has 0 radical (unpaired) electrons. The molecule has 0 unspecified atom stereocenters.